The molecule has 9 nitrogen and oxygen atoms in total. The molecule has 1 aromatic carbocycles. The van der Waals surface area contributed by atoms with Gasteiger partial charge in [0.25, 0.3) is 0 Å². The van der Waals surface area contributed by atoms with Crippen molar-refractivity contribution in [3.63, 3.8) is 0 Å². The Morgan fingerprint density at radius 1 is 1.16 bits per heavy atom. The number of carbonyl (C=O) groups excluding carboxylic acids is 1. The van der Waals surface area contributed by atoms with Crippen LogP contribution < -0.4 is 10.5 Å². The van der Waals surface area contributed by atoms with Gasteiger partial charge in [-0.2, -0.15) is 0 Å². The smallest absolute Gasteiger partial charge is 0.239 e. The lowest BCUT2D eigenvalue weighted by Crippen LogP contribution is -2.53. The molecule has 38 heavy (non-hydrogen) atoms. The molecule has 0 bridgehead atoms. The topological polar surface area (TPSA) is 113 Å². The molecule has 1 amide bonds. The molecule has 0 aliphatic carbocycles. The number of nitrogens with one attached hydrogen (secondary N) is 1. The van der Waals surface area contributed by atoms with Crippen molar-refractivity contribution in [2.45, 2.75) is 31.1 Å². The van der Waals surface area contributed by atoms with E-state index in [0.717, 1.165) is 34.9 Å². The zero-order chi connectivity index (χ0) is 26.6. The van der Waals surface area contributed by atoms with Gasteiger partial charge in [0.15, 0.2) is 16.7 Å². The van der Waals surface area contributed by atoms with E-state index in [1.165, 1.54) is 17.8 Å². The molecular formula is C27H30FN7O2S. The SMILES string of the molecule is CSc1nccc(CN2CCN(C(=O)[C@@H](N)Cc3ccc(Oc4ccnc5[nH]cc(C)c45)c(F)c3)CC2)n1. The fraction of sp³-hybridized carbons (Fsp3) is 0.333. The number of hydrogen-bond donors (Lipinski definition) is 2. The van der Waals surface area contributed by atoms with Crippen LogP contribution in [0.15, 0.2) is 54.1 Å². The summed E-state index contributed by atoms with van der Waals surface area (Å²) in [6.45, 7) is 5.30. The Kier molecular flexibility index (Phi) is 7.87. The highest BCUT2D eigenvalue weighted by molar-refractivity contribution is 7.98. The zero-order valence-corrected chi connectivity index (χ0v) is 22.2. The third-order valence-electron chi connectivity index (χ3n) is 6.66. The number of fused-ring (bicyclic) bond motifs is 1. The Hall–Kier alpha value is -3.54. The molecule has 3 N–H and O–H groups in total. The standard InChI is InChI=1S/C27H30FN7O2S/c1-17-15-32-25-24(17)23(6-8-30-25)37-22-4-3-18(13-20(22)28)14-21(29)26(36)35-11-9-34(10-12-35)16-19-5-7-31-27(33-19)38-2/h3-8,13,15,21H,9-12,14,16,29H2,1-2H3,(H,30,32)/t21-/m0/s1. The van der Waals surface area contributed by atoms with Crippen molar-refractivity contribution in [1.29, 1.82) is 0 Å². The number of pyridine rings is 1. The van der Waals surface area contributed by atoms with Crippen molar-refractivity contribution in [2.75, 3.05) is 32.4 Å². The molecule has 1 saturated heterocycles. The number of piperazine rings is 1. The average Bonchev–Trinajstić information content (AvgIpc) is 3.32. The molecule has 11 heteroatoms. The van der Waals surface area contributed by atoms with Gasteiger partial charge in [-0.15, -0.1) is 0 Å². The quantitative estimate of drug-likeness (QED) is 0.260. The van der Waals surface area contributed by atoms with Crippen molar-refractivity contribution in [3.8, 4) is 11.5 Å². The average molecular weight is 536 g/mol. The summed E-state index contributed by atoms with van der Waals surface area (Å²) in [5.74, 6) is -0.00972. The van der Waals surface area contributed by atoms with Crippen molar-refractivity contribution < 1.29 is 13.9 Å². The maximum absolute atomic E-state index is 14.9. The van der Waals surface area contributed by atoms with Crippen LogP contribution in [0.5, 0.6) is 11.5 Å². The van der Waals surface area contributed by atoms with Gasteiger partial charge in [-0.05, 0) is 55.0 Å². The third kappa shape index (κ3) is 5.79. The normalized spacial score (nSPS) is 15.1. The van der Waals surface area contributed by atoms with Gasteiger partial charge < -0.3 is 20.4 Å². The Labute approximate surface area is 224 Å². The third-order valence-corrected chi connectivity index (χ3v) is 7.23. The minimum Gasteiger partial charge on any atom is -0.453 e. The van der Waals surface area contributed by atoms with Crippen LogP contribution in [0, 0.1) is 12.7 Å². The van der Waals surface area contributed by atoms with Gasteiger partial charge in [0.2, 0.25) is 5.91 Å². The molecule has 1 fully saturated rings. The van der Waals surface area contributed by atoms with E-state index < -0.39 is 11.9 Å². The number of ether oxygens (including phenoxy) is 1. The number of thioether (sulfide) groups is 1. The first-order valence-electron chi connectivity index (χ1n) is 12.4. The number of aromatic amines is 1. The Morgan fingerprint density at radius 3 is 2.71 bits per heavy atom. The monoisotopic (exact) mass is 535 g/mol. The van der Waals surface area contributed by atoms with E-state index >= 15 is 0 Å². The van der Waals surface area contributed by atoms with Crippen molar-refractivity contribution in [3.05, 3.63) is 71.6 Å². The van der Waals surface area contributed by atoms with Gasteiger partial charge in [-0.1, -0.05) is 17.8 Å². The number of aryl methyl sites for hydroxylation is 1. The number of nitrogens with zero attached hydrogens (tertiary/aromatic N) is 5. The lowest BCUT2D eigenvalue weighted by Gasteiger charge is -2.35. The number of benzene rings is 1. The minimum atomic E-state index is -0.749. The molecule has 0 unspecified atom stereocenters. The highest BCUT2D eigenvalue weighted by atomic mass is 32.2. The maximum atomic E-state index is 14.9. The number of nitrogens with two attached hydrogens (primary N) is 1. The Morgan fingerprint density at radius 2 is 1.95 bits per heavy atom. The highest BCUT2D eigenvalue weighted by Crippen LogP contribution is 2.32. The second-order valence-corrected chi connectivity index (χ2v) is 10.1. The van der Waals surface area contributed by atoms with Crippen LogP contribution in [0.25, 0.3) is 11.0 Å². The minimum absolute atomic E-state index is 0.103. The van der Waals surface area contributed by atoms with Gasteiger partial charge in [-0.25, -0.2) is 19.3 Å². The first-order chi connectivity index (χ1) is 18.4. The van der Waals surface area contributed by atoms with E-state index in [9.17, 15) is 9.18 Å². The van der Waals surface area contributed by atoms with E-state index in [1.54, 1.807) is 35.5 Å². The van der Waals surface area contributed by atoms with Gasteiger partial charge in [0.1, 0.15) is 11.4 Å². The predicted octanol–water partition coefficient (Wildman–Crippen LogP) is 3.53. The molecule has 1 aliphatic heterocycles. The highest BCUT2D eigenvalue weighted by Gasteiger charge is 2.26. The number of aromatic nitrogens is 4. The number of amides is 1. The summed E-state index contributed by atoms with van der Waals surface area (Å²) in [5.41, 5.74) is 9.51. The summed E-state index contributed by atoms with van der Waals surface area (Å²) in [7, 11) is 0. The number of carbonyl (C=O) groups is 1. The van der Waals surface area contributed by atoms with Crippen LogP contribution in [0.1, 0.15) is 16.8 Å². The van der Waals surface area contributed by atoms with Gasteiger partial charge in [0.05, 0.1) is 17.1 Å². The summed E-state index contributed by atoms with van der Waals surface area (Å²) < 4.78 is 20.8. The van der Waals surface area contributed by atoms with E-state index in [0.29, 0.717) is 36.6 Å². The van der Waals surface area contributed by atoms with Crippen molar-refractivity contribution in [2.24, 2.45) is 5.73 Å². The first kappa shape index (κ1) is 26.1. The van der Waals surface area contributed by atoms with Crippen molar-refractivity contribution >= 4 is 28.7 Å². The second kappa shape index (κ2) is 11.5. The van der Waals surface area contributed by atoms with E-state index in [-0.39, 0.29) is 18.1 Å². The summed E-state index contributed by atoms with van der Waals surface area (Å²) in [6.07, 6.45) is 7.41. The fourth-order valence-electron chi connectivity index (χ4n) is 4.63. The van der Waals surface area contributed by atoms with Crippen LogP contribution in [0.4, 0.5) is 4.39 Å². The molecule has 1 atom stereocenters. The Balaban J connectivity index is 1.16. The molecule has 3 aromatic heterocycles. The van der Waals surface area contributed by atoms with Crippen LogP contribution in [0.2, 0.25) is 0 Å². The Bertz CT molecular complexity index is 1440. The van der Waals surface area contributed by atoms with Crippen LogP contribution in [-0.4, -0.2) is 74.1 Å². The lowest BCUT2D eigenvalue weighted by molar-refractivity contribution is -0.134. The predicted molar refractivity (Wildman–Crippen MR) is 145 cm³/mol. The van der Waals surface area contributed by atoms with Crippen LogP contribution in [0.3, 0.4) is 0 Å². The molecule has 1 aliphatic rings. The molecule has 5 rings (SSSR count). The summed E-state index contributed by atoms with van der Waals surface area (Å²) in [4.78, 5) is 33.1. The number of hydrogen-bond acceptors (Lipinski definition) is 8. The van der Waals surface area contributed by atoms with Crippen LogP contribution >= 0.6 is 11.8 Å². The molecule has 4 heterocycles. The largest absolute Gasteiger partial charge is 0.453 e. The molecule has 0 spiro atoms. The molecule has 198 valence electrons. The van der Waals surface area contributed by atoms with E-state index in [4.69, 9.17) is 10.5 Å². The zero-order valence-electron chi connectivity index (χ0n) is 21.4. The van der Waals surface area contributed by atoms with E-state index in [2.05, 4.69) is 24.8 Å². The molecule has 0 saturated carbocycles. The molecular weight excluding hydrogens is 505 g/mol. The summed E-state index contributed by atoms with van der Waals surface area (Å²) >= 11 is 1.51. The van der Waals surface area contributed by atoms with Gasteiger partial charge in [0, 0.05) is 51.3 Å². The van der Waals surface area contributed by atoms with Gasteiger partial charge in [-0.3, -0.25) is 9.69 Å². The number of rotatable bonds is 8. The molecule has 4 aromatic rings. The van der Waals surface area contributed by atoms with E-state index in [1.807, 2.05) is 25.4 Å². The second-order valence-electron chi connectivity index (χ2n) is 9.32. The lowest BCUT2D eigenvalue weighted by atomic mass is 10.0. The number of halogens is 1. The first-order valence-corrected chi connectivity index (χ1v) is 13.7. The van der Waals surface area contributed by atoms with Gasteiger partial charge >= 0.3 is 0 Å². The van der Waals surface area contributed by atoms with Crippen LogP contribution in [-0.2, 0) is 17.8 Å². The molecule has 0 radical (unpaired) electrons. The summed E-state index contributed by atoms with van der Waals surface area (Å²) in [6, 6.07) is 7.58. The van der Waals surface area contributed by atoms with Crippen molar-refractivity contribution in [1.82, 2.24) is 29.7 Å². The summed E-state index contributed by atoms with van der Waals surface area (Å²) in [5, 5.41) is 1.56. The maximum Gasteiger partial charge on any atom is 0.239 e. The fourth-order valence-corrected chi connectivity index (χ4v) is 5.01. The number of H-pyrrole nitrogens is 1.